The van der Waals surface area contributed by atoms with E-state index in [9.17, 15) is 15.0 Å². The number of hydrogen-bond acceptors (Lipinski definition) is 4. The van der Waals surface area contributed by atoms with Gasteiger partial charge in [0, 0.05) is 10.5 Å². The molecule has 5 N–H and O–H groups in total. The number of amides is 1. The Bertz CT molecular complexity index is 644. The van der Waals surface area contributed by atoms with Crippen molar-refractivity contribution in [2.45, 2.75) is 0 Å². The van der Waals surface area contributed by atoms with Crippen LogP contribution in [0.5, 0.6) is 11.5 Å². The summed E-state index contributed by atoms with van der Waals surface area (Å²) in [6.07, 6.45) is 0. The first-order valence-corrected chi connectivity index (χ1v) is 6.15. The summed E-state index contributed by atoms with van der Waals surface area (Å²) in [6, 6.07) is 8.77. The highest BCUT2D eigenvalue weighted by molar-refractivity contribution is 9.10. The van der Waals surface area contributed by atoms with Gasteiger partial charge in [0.2, 0.25) is 0 Å². The fourth-order valence-corrected chi connectivity index (χ4v) is 1.90. The number of benzene rings is 2. The second-order valence-corrected chi connectivity index (χ2v) is 4.80. The number of anilines is 2. The zero-order valence-corrected chi connectivity index (χ0v) is 11.3. The molecule has 0 unspecified atom stereocenters. The maximum Gasteiger partial charge on any atom is 0.259 e. The number of nitrogens with one attached hydrogen (secondary N) is 1. The van der Waals surface area contributed by atoms with Gasteiger partial charge in [-0.1, -0.05) is 15.9 Å². The van der Waals surface area contributed by atoms with Crippen LogP contribution in [0.1, 0.15) is 10.4 Å². The Morgan fingerprint density at radius 2 is 1.89 bits per heavy atom. The Morgan fingerprint density at radius 3 is 2.58 bits per heavy atom. The van der Waals surface area contributed by atoms with Gasteiger partial charge in [0.05, 0.1) is 16.9 Å². The van der Waals surface area contributed by atoms with Gasteiger partial charge in [-0.2, -0.15) is 0 Å². The van der Waals surface area contributed by atoms with Crippen LogP contribution < -0.4 is 11.1 Å². The quantitative estimate of drug-likeness (QED) is 0.505. The van der Waals surface area contributed by atoms with E-state index in [-0.39, 0.29) is 22.7 Å². The molecule has 6 heteroatoms. The number of rotatable bonds is 2. The van der Waals surface area contributed by atoms with Gasteiger partial charge in [-0.25, -0.2) is 0 Å². The fraction of sp³-hybridized carbons (Fsp3) is 0. The monoisotopic (exact) mass is 322 g/mol. The highest BCUT2D eigenvalue weighted by Crippen LogP contribution is 2.26. The number of nitrogen functional groups attached to an aromatic ring is 1. The molecule has 0 aliphatic carbocycles. The molecule has 0 aliphatic heterocycles. The number of phenols is 2. The van der Waals surface area contributed by atoms with Crippen LogP contribution in [0.15, 0.2) is 40.9 Å². The first kappa shape index (κ1) is 13.2. The van der Waals surface area contributed by atoms with Crippen molar-refractivity contribution in [3.8, 4) is 11.5 Å². The molecule has 0 aromatic heterocycles. The van der Waals surface area contributed by atoms with E-state index in [1.54, 1.807) is 6.07 Å². The lowest BCUT2D eigenvalue weighted by atomic mass is 10.1. The molecule has 0 atom stereocenters. The third-order valence-electron chi connectivity index (χ3n) is 2.49. The van der Waals surface area contributed by atoms with Crippen molar-refractivity contribution in [1.82, 2.24) is 0 Å². The summed E-state index contributed by atoms with van der Waals surface area (Å²) >= 11 is 3.23. The van der Waals surface area contributed by atoms with Gasteiger partial charge in [0.25, 0.3) is 5.91 Å². The SMILES string of the molecule is Nc1cc(O)ccc1NC(=O)c1cc(Br)ccc1O. The molecule has 2 rings (SSSR count). The van der Waals surface area contributed by atoms with Crippen LogP contribution >= 0.6 is 15.9 Å². The minimum Gasteiger partial charge on any atom is -0.508 e. The molecule has 0 radical (unpaired) electrons. The first-order chi connectivity index (χ1) is 8.97. The van der Waals surface area contributed by atoms with Crippen LogP contribution in [0, 0.1) is 0 Å². The summed E-state index contributed by atoms with van der Waals surface area (Å²) in [5, 5.41) is 21.4. The number of carbonyl (C=O) groups is 1. The van der Waals surface area contributed by atoms with Crippen LogP contribution in [0.25, 0.3) is 0 Å². The predicted octanol–water partition coefficient (Wildman–Crippen LogP) is 2.69. The molecular weight excluding hydrogens is 312 g/mol. The maximum absolute atomic E-state index is 12.0. The summed E-state index contributed by atoms with van der Waals surface area (Å²) in [5.74, 6) is -0.602. The first-order valence-electron chi connectivity index (χ1n) is 5.36. The lowest BCUT2D eigenvalue weighted by Crippen LogP contribution is -2.13. The van der Waals surface area contributed by atoms with Crippen LogP contribution in [-0.2, 0) is 0 Å². The number of nitrogens with two attached hydrogens (primary N) is 1. The van der Waals surface area contributed by atoms with E-state index in [0.29, 0.717) is 10.2 Å². The minimum atomic E-state index is -0.490. The largest absolute Gasteiger partial charge is 0.508 e. The molecule has 1 amide bonds. The highest BCUT2D eigenvalue weighted by Gasteiger charge is 2.13. The van der Waals surface area contributed by atoms with E-state index in [2.05, 4.69) is 21.2 Å². The zero-order valence-electron chi connectivity index (χ0n) is 9.72. The fourth-order valence-electron chi connectivity index (χ4n) is 1.54. The van der Waals surface area contributed by atoms with Gasteiger partial charge in [0.1, 0.15) is 11.5 Å². The van der Waals surface area contributed by atoms with Gasteiger partial charge in [-0.05, 0) is 30.3 Å². The molecule has 0 aliphatic rings. The van der Waals surface area contributed by atoms with Crippen LogP contribution in [0.3, 0.4) is 0 Å². The van der Waals surface area contributed by atoms with E-state index in [4.69, 9.17) is 5.73 Å². The van der Waals surface area contributed by atoms with Crippen molar-refractivity contribution in [2.75, 3.05) is 11.1 Å². The average Bonchev–Trinajstić information content (AvgIpc) is 2.35. The molecule has 0 saturated heterocycles. The Hall–Kier alpha value is -2.21. The number of carbonyl (C=O) groups excluding carboxylic acids is 1. The average molecular weight is 323 g/mol. The van der Waals surface area contributed by atoms with Crippen molar-refractivity contribution < 1.29 is 15.0 Å². The van der Waals surface area contributed by atoms with Crippen molar-refractivity contribution in [3.63, 3.8) is 0 Å². The van der Waals surface area contributed by atoms with Crippen molar-refractivity contribution in [2.24, 2.45) is 0 Å². The Balaban J connectivity index is 2.28. The molecule has 0 spiro atoms. The normalized spacial score (nSPS) is 10.2. The van der Waals surface area contributed by atoms with E-state index >= 15 is 0 Å². The van der Waals surface area contributed by atoms with E-state index < -0.39 is 5.91 Å². The van der Waals surface area contributed by atoms with Crippen molar-refractivity contribution >= 4 is 33.2 Å². The molecule has 0 fully saturated rings. The number of aromatic hydroxyl groups is 2. The molecule has 0 heterocycles. The Kier molecular flexibility index (Phi) is 3.62. The number of hydrogen-bond donors (Lipinski definition) is 4. The van der Waals surface area contributed by atoms with Crippen LogP contribution in [0.4, 0.5) is 11.4 Å². The molecule has 5 nitrogen and oxygen atoms in total. The second kappa shape index (κ2) is 5.19. The summed E-state index contributed by atoms with van der Waals surface area (Å²) < 4.78 is 0.675. The van der Waals surface area contributed by atoms with Gasteiger partial charge in [-0.15, -0.1) is 0 Å². The molecular formula is C13H11BrN2O3. The van der Waals surface area contributed by atoms with E-state index in [1.807, 2.05) is 0 Å². The topological polar surface area (TPSA) is 95.6 Å². The third kappa shape index (κ3) is 2.97. The lowest BCUT2D eigenvalue weighted by molar-refractivity contribution is 0.102. The predicted molar refractivity (Wildman–Crippen MR) is 76.3 cm³/mol. The minimum absolute atomic E-state index is 0.0146. The Morgan fingerprint density at radius 1 is 1.16 bits per heavy atom. The maximum atomic E-state index is 12.0. The summed E-state index contributed by atoms with van der Waals surface area (Å²) in [6.45, 7) is 0. The number of halogens is 1. The third-order valence-corrected chi connectivity index (χ3v) is 2.98. The molecule has 98 valence electrons. The lowest BCUT2D eigenvalue weighted by Gasteiger charge is -2.09. The summed E-state index contributed by atoms with van der Waals surface area (Å²) in [7, 11) is 0. The van der Waals surface area contributed by atoms with Gasteiger partial charge in [-0.3, -0.25) is 4.79 Å². The van der Waals surface area contributed by atoms with Gasteiger partial charge >= 0.3 is 0 Å². The van der Waals surface area contributed by atoms with Gasteiger partial charge < -0.3 is 21.3 Å². The van der Waals surface area contributed by atoms with Gasteiger partial charge in [0.15, 0.2) is 0 Å². The Labute approximate surface area is 117 Å². The van der Waals surface area contributed by atoms with Crippen molar-refractivity contribution in [3.05, 3.63) is 46.4 Å². The van der Waals surface area contributed by atoms with E-state index in [0.717, 1.165) is 0 Å². The molecule has 19 heavy (non-hydrogen) atoms. The zero-order chi connectivity index (χ0) is 14.0. The summed E-state index contributed by atoms with van der Waals surface area (Å²) in [5.41, 5.74) is 6.40. The molecule has 2 aromatic rings. The molecule has 0 saturated carbocycles. The standard InChI is InChI=1S/C13H11BrN2O3/c14-7-1-4-12(18)9(5-7)13(19)16-11-3-2-8(17)6-10(11)15/h1-6,17-18H,15H2,(H,16,19). The van der Waals surface area contributed by atoms with Crippen LogP contribution in [-0.4, -0.2) is 16.1 Å². The summed E-state index contributed by atoms with van der Waals surface area (Å²) in [4.78, 5) is 12.0. The van der Waals surface area contributed by atoms with Crippen molar-refractivity contribution in [1.29, 1.82) is 0 Å². The number of phenolic OH excluding ortho intramolecular Hbond substituents is 2. The van der Waals surface area contributed by atoms with Crippen LogP contribution in [0.2, 0.25) is 0 Å². The second-order valence-electron chi connectivity index (χ2n) is 3.89. The molecule has 0 bridgehead atoms. The van der Waals surface area contributed by atoms with E-state index in [1.165, 1.54) is 30.3 Å². The highest BCUT2D eigenvalue weighted by atomic mass is 79.9. The molecule has 2 aromatic carbocycles. The smallest absolute Gasteiger partial charge is 0.259 e.